The molecular formula is C17H19FN2O3S. The predicted molar refractivity (Wildman–Crippen MR) is 90.8 cm³/mol. The maximum atomic E-state index is 13.3. The summed E-state index contributed by atoms with van der Waals surface area (Å²) in [5, 5.41) is 0. The highest BCUT2D eigenvalue weighted by molar-refractivity contribution is 7.92. The monoisotopic (exact) mass is 350 g/mol. The molecular weight excluding hydrogens is 331 g/mol. The van der Waals surface area contributed by atoms with Crippen molar-refractivity contribution in [1.29, 1.82) is 0 Å². The van der Waals surface area contributed by atoms with Crippen LogP contribution in [0.1, 0.15) is 11.1 Å². The Hall–Kier alpha value is -2.41. The highest BCUT2D eigenvalue weighted by Gasteiger charge is 2.15. The predicted octanol–water partition coefficient (Wildman–Crippen LogP) is 2.57. The average molecular weight is 350 g/mol. The van der Waals surface area contributed by atoms with Gasteiger partial charge in [-0.05, 0) is 48.4 Å². The van der Waals surface area contributed by atoms with E-state index in [9.17, 15) is 17.6 Å². The zero-order chi connectivity index (χ0) is 17.9. The van der Waals surface area contributed by atoms with Gasteiger partial charge in [0.15, 0.2) is 0 Å². The van der Waals surface area contributed by atoms with E-state index < -0.39 is 15.8 Å². The second-order valence-corrected chi connectivity index (χ2v) is 7.36. The van der Waals surface area contributed by atoms with E-state index in [1.54, 1.807) is 38.4 Å². The molecule has 5 nitrogen and oxygen atoms in total. The van der Waals surface area contributed by atoms with Gasteiger partial charge < -0.3 is 4.90 Å². The van der Waals surface area contributed by atoms with E-state index in [2.05, 4.69) is 4.72 Å². The third-order valence-electron chi connectivity index (χ3n) is 3.50. The van der Waals surface area contributed by atoms with Gasteiger partial charge in [-0.2, -0.15) is 0 Å². The number of anilines is 1. The van der Waals surface area contributed by atoms with E-state index in [4.69, 9.17) is 0 Å². The molecule has 0 aliphatic heterocycles. The van der Waals surface area contributed by atoms with Crippen LogP contribution >= 0.6 is 0 Å². The molecule has 2 rings (SSSR count). The first-order chi connectivity index (χ1) is 11.2. The van der Waals surface area contributed by atoms with E-state index in [1.165, 1.54) is 24.0 Å². The van der Waals surface area contributed by atoms with Crippen LogP contribution in [0.5, 0.6) is 0 Å². The highest BCUT2D eigenvalue weighted by atomic mass is 32.2. The lowest BCUT2D eigenvalue weighted by molar-refractivity contribution is -0.127. The number of sulfonamides is 1. The number of amides is 1. The third-order valence-corrected chi connectivity index (χ3v) is 4.88. The van der Waals surface area contributed by atoms with Gasteiger partial charge in [-0.25, -0.2) is 12.8 Å². The molecule has 0 aliphatic rings. The van der Waals surface area contributed by atoms with Crippen LogP contribution in [0.3, 0.4) is 0 Å². The molecule has 0 spiro atoms. The molecule has 7 heteroatoms. The number of nitrogens with one attached hydrogen (secondary N) is 1. The normalized spacial score (nSPS) is 11.2. The quantitative estimate of drug-likeness (QED) is 0.901. The molecule has 0 saturated carbocycles. The minimum absolute atomic E-state index is 0.00624. The van der Waals surface area contributed by atoms with E-state index in [-0.39, 0.29) is 22.8 Å². The maximum absolute atomic E-state index is 13.3. The van der Waals surface area contributed by atoms with Gasteiger partial charge in [-0.3, -0.25) is 9.52 Å². The van der Waals surface area contributed by atoms with Crippen molar-refractivity contribution in [2.45, 2.75) is 18.2 Å². The third kappa shape index (κ3) is 4.32. The topological polar surface area (TPSA) is 66.5 Å². The molecule has 24 heavy (non-hydrogen) atoms. The maximum Gasteiger partial charge on any atom is 0.261 e. The number of aryl methyl sites for hydroxylation is 1. The molecule has 0 aromatic heterocycles. The van der Waals surface area contributed by atoms with Gasteiger partial charge in [0.2, 0.25) is 5.91 Å². The van der Waals surface area contributed by atoms with Crippen molar-refractivity contribution in [2.24, 2.45) is 0 Å². The highest BCUT2D eigenvalue weighted by Crippen LogP contribution is 2.19. The molecule has 0 heterocycles. The smallest absolute Gasteiger partial charge is 0.261 e. The summed E-state index contributed by atoms with van der Waals surface area (Å²) in [6.45, 7) is 1.50. The van der Waals surface area contributed by atoms with Gasteiger partial charge in [0.1, 0.15) is 5.82 Å². The number of carbonyl (C=O) groups excluding carboxylic acids is 1. The van der Waals surface area contributed by atoms with Crippen LogP contribution in [-0.4, -0.2) is 33.3 Å². The van der Waals surface area contributed by atoms with Crippen molar-refractivity contribution in [3.8, 4) is 0 Å². The van der Waals surface area contributed by atoms with Gasteiger partial charge in [-0.15, -0.1) is 0 Å². The van der Waals surface area contributed by atoms with Crippen molar-refractivity contribution in [3.63, 3.8) is 0 Å². The van der Waals surface area contributed by atoms with Crippen molar-refractivity contribution < 1.29 is 17.6 Å². The van der Waals surface area contributed by atoms with E-state index in [0.29, 0.717) is 5.69 Å². The second kappa shape index (κ2) is 7.00. The molecule has 0 aliphatic carbocycles. The van der Waals surface area contributed by atoms with Crippen LogP contribution in [0.25, 0.3) is 0 Å². The molecule has 0 fully saturated rings. The number of carbonyl (C=O) groups is 1. The first-order valence-corrected chi connectivity index (χ1v) is 8.75. The summed E-state index contributed by atoms with van der Waals surface area (Å²) < 4.78 is 40.4. The summed E-state index contributed by atoms with van der Waals surface area (Å²) >= 11 is 0. The SMILES string of the molecule is Cc1cc(S(=O)(=O)Nc2ccc(CC(=O)N(C)C)cc2)ccc1F. The minimum atomic E-state index is -3.79. The Morgan fingerprint density at radius 2 is 1.75 bits per heavy atom. The van der Waals surface area contributed by atoms with Crippen LogP contribution in [0.15, 0.2) is 47.4 Å². The molecule has 2 aromatic rings. The van der Waals surface area contributed by atoms with Crippen molar-refractivity contribution in [2.75, 3.05) is 18.8 Å². The fraction of sp³-hybridized carbons (Fsp3) is 0.235. The van der Waals surface area contributed by atoms with E-state index >= 15 is 0 Å². The molecule has 1 N–H and O–H groups in total. The number of hydrogen-bond donors (Lipinski definition) is 1. The average Bonchev–Trinajstić information content (AvgIpc) is 2.51. The molecule has 0 saturated heterocycles. The summed E-state index contributed by atoms with van der Waals surface area (Å²) in [5.41, 5.74) is 1.42. The largest absolute Gasteiger partial charge is 0.349 e. The van der Waals surface area contributed by atoms with Crippen molar-refractivity contribution in [3.05, 3.63) is 59.4 Å². The van der Waals surface area contributed by atoms with Gasteiger partial charge in [0.05, 0.1) is 11.3 Å². The van der Waals surface area contributed by atoms with Gasteiger partial charge >= 0.3 is 0 Å². The standard InChI is InChI=1S/C17H19FN2O3S/c1-12-10-15(8-9-16(12)18)24(22,23)19-14-6-4-13(5-7-14)11-17(21)20(2)3/h4-10,19H,11H2,1-3H3. The summed E-state index contributed by atoms with van der Waals surface area (Å²) in [4.78, 5) is 13.1. The number of hydrogen-bond acceptors (Lipinski definition) is 3. The Morgan fingerprint density at radius 3 is 2.29 bits per heavy atom. The summed E-state index contributed by atoms with van der Waals surface area (Å²) in [6.07, 6.45) is 0.247. The molecule has 0 radical (unpaired) electrons. The summed E-state index contributed by atoms with van der Waals surface area (Å²) in [5.74, 6) is -0.492. The Morgan fingerprint density at radius 1 is 1.12 bits per heavy atom. The van der Waals surface area contributed by atoms with Gasteiger partial charge in [0, 0.05) is 19.8 Å². The number of rotatable bonds is 5. The van der Waals surface area contributed by atoms with E-state index in [1.807, 2.05) is 0 Å². The van der Waals surface area contributed by atoms with Crippen LogP contribution in [0.2, 0.25) is 0 Å². The fourth-order valence-corrected chi connectivity index (χ4v) is 3.17. The van der Waals surface area contributed by atoms with Crippen LogP contribution in [0.4, 0.5) is 10.1 Å². The van der Waals surface area contributed by atoms with Crippen molar-refractivity contribution in [1.82, 2.24) is 4.90 Å². The zero-order valence-corrected chi connectivity index (χ0v) is 14.5. The Bertz CT molecular complexity index is 847. The minimum Gasteiger partial charge on any atom is -0.349 e. The molecule has 0 bridgehead atoms. The second-order valence-electron chi connectivity index (χ2n) is 5.68. The number of benzene rings is 2. The number of nitrogens with zero attached hydrogens (tertiary/aromatic N) is 1. The lowest BCUT2D eigenvalue weighted by Crippen LogP contribution is -2.23. The Kier molecular flexibility index (Phi) is 5.23. The van der Waals surface area contributed by atoms with Crippen molar-refractivity contribution >= 4 is 21.6 Å². The van der Waals surface area contributed by atoms with Crippen LogP contribution < -0.4 is 4.72 Å². The van der Waals surface area contributed by atoms with Crippen LogP contribution in [-0.2, 0) is 21.2 Å². The molecule has 0 atom stereocenters. The first-order valence-electron chi connectivity index (χ1n) is 7.27. The summed E-state index contributed by atoms with van der Waals surface area (Å²) in [7, 11) is -0.442. The summed E-state index contributed by atoms with van der Waals surface area (Å²) in [6, 6.07) is 10.2. The van der Waals surface area contributed by atoms with Crippen LogP contribution in [0, 0.1) is 12.7 Å². The van der Waals surface area contributed by atoms with Gasteiger partial charge in [0.25, 0.3) is 10.0 Å². The molecule has 128 valence electrons. The fourth-order valence-electron chi connectivity index (χ4n) is 2.02. The number of halogens is 1. The Balaban J connectivity index is 2.15. The molecule has 1 amide bonds. The van der Waals surface area contributed by atoms with Gasteiger partial charge in [-0.1, -0.05) is 12.1 Å². The van der Waals surface area contributed by atoms with E-state index in [0.717, 1.165) is 11.6 Å². The molecule has 2 aromatic carbocycles. The number of likely N-dealkylation sites (N-methyl/N-ethyl adjacent to an activating group) is 1. The lowest BCUT2D eigenvalue weighted by Gasteiger charge is -2.11. The zero-order valence-electron chi connectivity index (χ0n) is 13.7. The first kappa shape index (κ1) is 17.9. The molecule has 0 unspecified atom stereocenters. The lowest BCUT2D eigenvalue weighted by atomic mass is 10.1. The Labute approximate surface area is 141 Å².